The van der Waals surface area contributed by atoms with Gasteiger partial charge in [-0.3, -0.25) is 43.2 Å². The van der Waals surface area contributed by atoms with E-state index in [1.165, 1.54) is 49.9 Å². The molecular weight excluding hydrogens is 1530 g/mol. The third-order valence-electron chi connectivity index (χ3n) is 20.5. The summed E-state index contributed by atoms with van der Waals surface area (Å²) in [5.74, 6) is -8.47. The molecule has 8 rings (SSSR count). The van der Waals surface area contributed by atoms with E-state index in [-0.39, 0.29) is 179 Å². The van der Waals surface area contributed by atoms with Gasteiger partial charge in [-0.1, -0.05) is 106 Å². The fourth-order valence-electron chi connectivity index (χ4n) is 13.7. The number of aromatic nitrogens is 4. The number of rotatable bonds is 41. The first-order valence-electron chi connectivity index (χ1n) is 40.0. The number of amides is 7. The molecule has 0 saturated heterocycles. The molecule has 1 aliphatic rings. The monoisotopic (exact) mass is 1630 g/mol. The van der Waals surface area contributed by atoms with Crippen LogP contribution < -0.4 is 37.6 Å². The van der Waals surface area contributed by atoms with Gasteiger partial charge in [-0.2, -0.15) is 20.1 Å². The highest BCUT2D eigenvalue weighted by atomic mass is 16.7. The molecule has 7 amide bonds. The quantitative estimate of drug-likeness (QED) is 0.0118. The topological polar surface area (TPSA) is 424 Å². The molecule has 7 aromatic rings. The Morgan fingerprint density at radius 1 is 0.538 bits per heavy atom. The predicted molar refractivity (Wildman–Crippen MR) is 444 cm³/mol. The molecule has 5 atom stereocenters. The van der Waals surface area contributed by atoms with Crippen molar-refractivity contribution in [2.24, 2.45) is 17.3 Å². The molecule has 119 heavy (non-hydrogen) atoms. The normalized spacial score (nSPS) is 13.0. The van der Waals surface area contributed by atoms with Crippen LogP contribution in [0.2, 0.25) is 0 Å². The van der Waals surface area contributed by atoms with Crippen molar-refractivity contribution in [3.63, 3.8) is 0 Å². The van der Waals surface area contributed by atoms with E-state index in [0.717, 1.165) is 38.1 Å². The Hall–Kier alpha value is -12.6. The molecule has 0 spiro atoms. The summed E-state index contributed by atoms with van der Waals surface area (Å²) in [4.78, 5) is 210. The molecular formula is C88H110N14O17. The Balaban J connectivity index is 0.916. The number of ketones is 3. The first-order chi connectivity index (χ1) is 56.5. The van der Waals surface area contributed by atoms with Crippen molar-refractivity contribution in [1.82, 2.24) is 56.2 Å². The van der Waals surface area contributed by atoms with Crippen LogP contribution in [0.4, 0.5) is 22.2 Å². The summed E-state index contributed by atoms with van der Waals surface area (Å²) in [5.41, 5.74) is 16.6. The molecule has 0 radical (unpaired) electrons. The van der Waals surface area contributed by atoms with Gasteiger partial charge in [-0.05, 0) is 161 Å². The van der Waals surface area contributed by atoms with Gasteiger partial charge in [0.2, 0.25) is 23.7 Å². The minimum Gasteiger partial charge on any atom is -0.458 e. The van der Waals surface area contributed by atoms with E-state index in [0.29, 0.717) is 24.2 Å². The van der Waals surface area contributed by atoms with Crippen molar-refractivity contribution in [2.45, 2.75) is 188 Å². The molecule has 0 saturated carbocycles. The van der Waals surface area contributed by atoms with E-state index in [1.54, 1.807) is 94.7 Å². The highest BCUT2D eigenvalue weighted by molar-refractivity contribution is 5.98. The van der Waals surface area contributed by atoms with Crippen molar-refractivity contribution in [3.8, 4) is 11.1 Å². The van der Waals surface area contributed by atoms with Gasteiger partial charge >= 0.3 is 24.0 Å². The zero-order valence-electron chi connectivity index (χ0n) is 69.6. The number of nitrogens with zero attached hydrogens (tertiary/aromatic N) is 8. The number of hydrogen-bond acceptors (Lipinski definition) is 24. The number of nitrogens with two attached hydrogens (primary N) is 2. The van der Waals surface area contributed by atoms with Crippen molar-refractivity contribution in [3.05, 3.63) is 173 Å². The van der Waals surface area contributed by atoms with Gasteiger partial charge in [0.1, 0.15) is 35.9 Å². The Kier molecular flexibility index (Phi) is 33.7. The molecule has 0 aliphatic heterocycles. The van der Waals surface area contributed by atoms with Gasteiger partial charge in [0, 0.05) is 103 Å². The van der Waals surface area contributed by atoms with E-state index in [9.17, 15) is 52.7 Å². The lowest BCUT2D eigenvalue weighted by Crippen LogP contribution is -2.52. The fourth-order valence-corrected chi connectivity index (χ4v) is 13.7. The van der Waals surface area contributed by atoms with Gasteiger partial charge in [0.05, 0.1) is 48.7 Å². The number of hydroxylamine groups is 4. The SMILES string of the molecule is CC(=O)N(C)CCC[C@H](CC(=O)[C@H](CCCN(OC(=O)c1ccccc1)C(C)=O)NC(=O)[C@H](CCCN(OC(=O)c1ccccc1)C(C)=O)NC(=O)OCC1c2ccccc2-c2ccccc21)C(=O)CCCNC(=O)CC[C@H](CC(=O)CC[C@H](NC(=O)c1ccc(N(C)Cc2cnc3nc(N)nc(N)c3n2)cc1)C(=O)OC(C)(C)C)C(C)(C)C. The van der Waals surface area contributed by atoms with Crippen LogP contribution in [0.3, 0.4) is 0 Å². The molecule has 1 aliphatic carbocycles. The predicted octanol–water partition coefficient (Wildman–Crippen LogP) is 10.3. The summed E-state index contributed by atoms with van der Waals surface area (Å²) in [6.07, 6.45) is 0.227. The number of fused-ring (bicyclic) bond motifs is 4. The fraction of sp³-hybridized carbons (Fsp3) is 0.443. The third-order valence-corrected chi connectivity index (χ3v) is 20.5. The van der Waals surface area contributed by atoms with Crippen molar-refractivity contribution in [2.75, 3.05) is 63.2 Å². The second-order valence-electron chi connectivity index (χ2n) is 31.8. The molecule has 31 nitrogen and oxygen atoms in total. The maximum Gasteiger partial charge on any atom is 0.407 e. The summed E-state index contributed by atoms with van der Waals surface area (Å²) in [7, 11) is 3.42. The number of nitrogens with one attached hydrogen (secondary N) is 4. The molecule has 5 aromatic carbocycles. The second-order valence-corrected chi connectivity index (χ2v) is 31.8. The summed E-state index contributed by atoms with van der Waals surface area (Å²) in [5, 5.41) is 12.8. The van der Waals surface area contributed by atoms with Gasteiger partial charge < -0.3 is 61.7 Å². The average Bonchev–Trinajstić information content (AvgIpc) is 1.63. The van der Waals surface area contributed by atoms with E-state index in [1.807, 2.05) is 81.2 Å². The van der Waals surface area contributed by atoms with Gasteiger partial charge in [0.25, 0.3) is 17.7 Å². The van der Waals surface area contributed by atoms with Crippen molar-refractivity contribution in [1.29, 1.82) is 0 Å². The zero-order valence-corrected chi connectivity index (χ0v) is 69.6. The van der Waals surface area contributed by atoms with Crippen molar-refractivity contribution >= 4 is 105 Å². The Labute approximate surface area is 693 Å². The standard InChI is InChI=1S/C88H110N14O17/c1-55(103)99(10)47-23-30-61(74(107)37-22-46-91-76(109)45-40-62(87(4,5)6)51-65(106)43-44-73(84(114)117-88(7,8)9)95-80(110)58-38-41-64(42-39-58)100(11)53-63-52-92-79-77(93-63)78(89)97-85(90)98-79)50-75(108)71(35-24-48-101(56(2)104)118-82(112)59-26-14-12-15-27-59)94-81(111)72(36-25-49-102(57(3)105)119-83(113)60-28-16-13-17-29-60)96-86(115)116-54-70-68-33-20-18-31-66(68)67-32-19-21-34-69(67)70/h12-21,26-29,31-34,38-39,41-42,52,61-62,70-73H,22-25,30,35-37,40,43-51,53-54H2,1-11H3,(H,91,109)(H,94,111)(H,95,110)(H,96,115)(H4,89,90,92,97,98)/t61-,62-,71+,72+,73+/m1/s1. The van der Waals surface area contributed by atoms with Crippen LogP contribution in [-0.2, 0) is 68.8 Å². The molecule has 0 bridgehead atoms. The Morgan fingerprint density at radius 2 is 1.10 bits per heavy atom. The largest absolute Gasteiger partial charge is 0.458 e. The first-order valence-corrected chi connectivity index (χ1v) is 40.0. The molecule has 634 valence electrons. The lowest BCUT2D eigenvalue weighted by atomic mass is 9.75. The van der Waals surface area contributed by atoms with Crippen LogP contribution in [0.15, 0.2) is 140 Å². The van der Waals surface area contributed by atoms with Crippen molar-refractivity contribution < 1.29 is 81.5 Å². The van der Waals surface area contributed by atoms with Crippen LogP contribution in [0.25, 0.3) is 22.3 Å². The molecule has 8 N–H and O–H groups in total. The zero-order chi connectivity index (χ0) is 86.7. The van der Waals surface area contributed by atoms with Crippen LogP contribution >= 0.6 is 0 Å². The number of carbonyl (C=O) groups excluding carboxylic acids is 13. The van der Waals surface area contributed by atoms with Gasteiger partial charge in [0.15, 0.2) is 22.8 Å². The number of Topliss-reactive ketones (excluding diaryl/α,β-unsaturated/α-hetero) is 3. The number of hydrogen-bond donors (Lipinski definition) is 6. The molecule has 2 aromatic heterocycles. The van der Waals surface area contributed by atoms with Gasteiger partial charge in [-0.15, -0.1) is 0 Å². The second kappa shape index (κ2) is 43.6. The number of ether oxygens (including phenoxy) is 2. The molecule has 0 fully saturated rings. The minimum absolute atomic E-state index is 0.0169. The van der Waals surface area contributed by atoms with Crippen LogP contribution in [0, 0.1) is 17.3 Å². The summed E-state index contributed by atoms with van der Waals surface area (Å²) in [6, 6.07) is 33.9. The maximum atomic E-state index is 15.1. The Morgan fingerprint density at radius 3 is 1.66 bits per heavy atom. The lowest BCUT2D eigenvalue weighted by molar-refractivity contribution is -0.165. The number of carbonyl (C=O) groups is 13. The molecule has 2 heterocycles. The highest BCUT2D eigenvalue weighted by Crippen LogP contribution is 2.45. The third kappa shape index (κ3) is 28.4. The first kappa shape index (κ1) is 91.9. The van der Waals surface area contributed by atoms with E-state index in [4.69, 9.17) is 30.6 Å². The number of anilines is 3. The number of nitrogen functional groups attached to an aromatic ring is 2. The number of benzene rings is 5. The van der Waals surface area contributed by atoms with Gasteiger partial charge in [-0.25, -0.2) is 29.1 Å². The van der Waals surface area contributed by atoms with E-state index in [2.05, 4.69) is 41.2 Å². The number of esters is 1. The van der Waals surface area contributed by atoms with Crippen LogP contribution in [-0.4, -0.2) is 182 Å². The van der Waals surface area contributed by atoms with E-state index < -0.39 is 94.9 Å². The Bertz CT molecular complexity index is 4700. The number of alkyl carbamates (subject to hydrolysis) is 1. The van der Waals surface area contributed by atoms with Crippen LogP contribution in [0.5, 0.6) is 0 Å². The highest BCUT2D eigenvalue weighted by Gasteiger charge is 2.36. The summed E-state index contributed by atoms with van der Waals surface area (Å²) >= 11 is 0. The molecule has 0 unspecified atom stereocenters. The average molecular weight is 1640 g/mol. The smallest absolute Gasteiger partial charge is 0.407 e. The molecule has 31 heteroatoms. The minimum atomic E-state index is -1.48. The van der Waals surface area contributed by atoms with Crippen LogP contribution in [0.1, 0.15) is 206 Å². The van der Waals surface area contributed by atoms with E-state index >= 15 is 9.59 Å². The maximum absolute atomic E-state index is 15.1. The summed E-state index contributed by atoms with van der Waals surface area (Å²) in [6.45, 7) is 14.7. The summed E-state index contributed by atoms with van der Waals surface area (Å²) < 4.78 is 11.6. The lowest BCUT2D eigenvalue weighted by Gasteiger charge is -2.30.